The van der Waals surface area contributed by atoms with E-state index < -0.39 is 6.04 Å². The number of piperidine rings is 1. The van der Waals surface area contributed by atoms with Gasteiger partial charge in [0, 0.05) is 53.4 Å². The molecule has 3 aromatic rings. The van der Waals surface area contributed by atoms with Gasteiger partial charge in [0.1, 0.15) is 6.04 Å². The fraction of sp³-hybridized carbons (Fsp3) is 0.417. The molecular weight excluding hydrogens is 472 g/mol. The molecule has 0 aliphatic carbocycles. The first-order chi connectivity index (χ1) is 16.0. The van der Waals surface area contributed by atoms with Crippen molar-refractivity contribution in [3.8, 4) is 0 Å². The Hall–Kier alpha value is -2.04. The summed E-state index contributed by atoms with van der Waals surface area (Å²) in [5.74, 6) is -0.173. The van der Waals surface area contributed by atoms with E-state index in [2.05, 4.69) is 46.8 Å². The number of nitrogens with one attached hydrogen (secondary N) is 1. The maximum absolute atomic E-state index is 13.2. The first-order valence-electron chi connectivity index (χ1n) is 11.2. The monoisotopic (exact) mass is 502 g/mol. The van der Waals surface area contributed by atoms with E-state index >= 15 is 0 Å². The molecule has 4 heterocycles. The van der Waals surface area contributed by atoms with Crippen molar-refractivity contribution in [3.63, 3.8) is 0 Å². The van der Waals surface area contributed by atoms with E-state index in [9.17, 15) is 9.59 Å². The van der Waals surface area contributed by atoms with Crippen LogP contribution in [0.2, 0.25) is 0 Å². The number of carbonyl (C=O) groups excluding carboxylic acids is 2. The highest BCUT2D eigenvalue weighted by atomic mass is 32.1. The van der Waals surface area contributed by atoms with Crippen molar-refractivity contribution >= 4 is 45.8 Å². The Kier molecular flexibility index (Phi) is 8.32. The van der Waals surface area contributed by atoms with E-state index in [1.807, 2.05) is 28.8 Å². The first-order valence-corrected chi connectivity index (χ1v) is 13.8. The van der Waals surface area contributed by atoms with Gasteiger partial charge in [-0.05, 0) is 54.8 Å². The number of likely N-dealkylation sites (tertiary alicyclic amines) is 1. The molecule has 1 aliphatic heterocycles. The molecule has 2 amide bonds. The van der Waals surface area contributed by atoms with Crippen molar-refractivity contribution in [3.05, 3.63) is 66.7 Å². The first kappa shape index (κ1) is 24.1. The number of carbonyl (C=O) groups is 2. The maximum atomic E-state index is 13.2. The number of hydrogen-bond acceptors (Lipinski definition) is 7. The average molecular weight is 503 g/mol. The molecule has 1 fully saturated rings. The van der Waals surface area contributed by atoms with Gasteiger partial charge in [-0.15, -0.1) is 34.0 Å². The largest absolute Gasteiger partial charge is 0.353 e. The second-order valence-electron chi connectivity index (χ2n) is 8.25. The third kappa shape index (κ3) is 6.10. The van der Waals surface area contributed by atoms with Crippen LogP contribution in [0, 0.1) is 6.92 Å². The summed E-state index contributed by atoms with van der Waals surface area (Å²) in [4.78, 5) is 35.2. The van der Waals surface area contributed by atoms with Crippen LogP contribution in [0.5, 0.6) is 0 Å². The van der Waals surface area contributed by atoms with Gasteiger partial charge >= 0.3 is 0 Å². The van der Waals surface area contributed by atoms with E-state index in [1.54, 1.807) is 16.2 Å². The summed E-state index contributed by atoms with van der Waals surface area (Å²) in [5, 5.41) is 6.92. The average Bonchev–Trinajstić information content (AvgIpc) is 3.60. The molecule has 4 rings (SSSR count). The lowest BCUT2D eigenvalue weighted by Crippen LogP contribution is -2.57. The summed E-state index contributed by atoms with van der Waals surface area (Å²) < 4.78 is 0. The molecule has 0 spiro atoms. The maximum Gasteiger partial charge on any atom is 0.264 e. The van der Waals surface area contributed by atoms with Crippen molar-refractivity contribution in [1.82, 2.24) is 15.1 Å². The number of hydrogen-bond donors (Lipinski definition) is 2. The van der Waals surface area contributed by atoms with E-state index in [4.69, 9.17) is 5.73 Å². The van der Waals surface area contributed by atoms with Gasteiger partial charge in [-0.2, -0.15) is 0 Å². The van der Waals surface area contributed by atoms with Crippen molar-refractivity contribution in [2.75, 3.05) is 19.6 Å². The van der Waals surface area contributed by atoms with E-state index in [1.165, 1.54) is 26.0 Å². The fourth-order valence-electron chi connectivity index (χ4n) is 4.31. The summed E-state index contributed by atoms with van der Waals surface area (Å²) in [6.07, 6.45) is 1.46. The second kappa shape index (κ2) is 11.4. The lowest BCUT2D eigenvalue weighted by molar-refractivity contribution is -0.127. The number of rotatable bonds is 9. The van der Waals surface area contributed by atoms with Crippen molar-refractivity contribution in [2.24, 2.45) is 5.73 Å². The summed E-state index contributed by atoms with van der Waals surface area (Å²) in [6, 6.07) is 12.0. The highest BCUT2D eigenvalue weighted by Gasteiger charge is 2.38. The molecule has 176 valence electrons. The zero-order chi connectivity index (χ0) is 23.2. The lowest BCUT2D eigenvalue weighted by atomic mass is 9.94. The normalized spacial score (nSPS) is 18.6. The van der Waals surface area contributed by atoms with E-state index in [0.29, 0.717) is 30.9 Å². The number of thiophene rings is 3. The Morgan fingerprint density at radius 1 is 1.12 bits per heavy atom. The molecule has 1 aliphatic rings. The quantitative estimate of drug-likeness (QED) is 0.465. The van der Waals surface area contributed by atoms with Crippen LogP contribution in [0.4, 0.5) is 0 Å². The zero-order valence-electron chi connectivity index (χ0n) is 18.7. The van der Waals surface area contributed by atoms with Crippen LogP contribution in [0.15, 0.2) is 47.2 Å². The molecule has 1 unspecified atom stereocenters. The highest BCUT2D eigenvalue weighted by molar-refractivity contribution is 7.12. The molecule has 0 saturated carbocycles. The van der Waals surface area contributed by atoms with Gasteiger partial charge in [0.2, 0.25) is 5.91 Å². The molecule has 2 atom stereocenters. The van der Waals surface area contributed by atoms with Gasteiger partial charge in [-0.1, -0.05) is 12.1 Å². The Balaban J connectivity index is 1.55. The van der Waals surface area contributed by atoms with Gasteiger partial charge in [0.05, 0.1) is 4.88 Å². The van der Waals surface area contributed by atoms with Gasteiger partial charge in [0.25, 0.3) is 5.91 Å². The predicted molar refractivity (Wildman–Crippen MR) is 137 cm³/mol. The highest BCUT2D eigenvalue weighted by Crippen LogP contribution is 2.29. The molecule has 3 N–H and O–H groups in total. The van der Waals surface area contributed by atoms with Crippen LogP contribution >= 0.6 is 34.0 Å². The number of aryl methyl sites for hydroxylation is 1. The molecule has 0 bridgehead atoms. The topological polar surface area (TPSA) is 78.7 Å². The molecule has 33 heavy (non-hydrogen) atoms. The number of nitrogens with two attached hydrogens (primary N) is 1. The van der Waals surface area contributed by atoms with Crippen LogP contribution in [0.3, 0.4) is 0 Å². The van der Waals surface area contributed by atoms with E-state index in [0.717, 1.165) is 19.5 Å². The predicted octanol–water partition coefficient (Wildman–Crippen LogP) is 3.93. The molecule has 9 heteroatoms. The van der Waals surface area contributed by atoms with Crippen molar-refractivity contribution < 1.29 is 9.59 Å². The molecule has 0 radical (unpaired) electrons. The van der Waals surface area contributed by atoms with Crippen LogP contribution in [-0.2, 0) is 17.9 Å². The molecular formula is C24H30N4O2S3. The van der Waals surface area contributed by atoms with Gasteiger partial charge < -0.3 is 16.0 Å². The van der Waals surface area contributed by atoms with Gasteiger partial charge in [-0.25, -0.2) is 0 Å². The number of amides is 2. The summed E-state index contributed by atoms with van der Waals surface area (Å²) in [7, 11) is 0. The van der Waals surface area contributed by atoms with Gasteiger partial charge in [0.15, 0.2) is 0 Å². The Labute approximate surface area is 207 Å². The van der Waals surface area contributed by atoms with Crippen LogP contribution in [-0.4, -0.2) is 53.3 Å². The third-order valence-corrected chi connectivity index (χ3v) is 8.63. The van der Waals surface area contributed by atoms with Crippen molar-refractivity contribution in [2.45, 2.75) is 44.9 Å². The molecule has 1 saturated heterocycles. The van der Waals surface area contributed by atoms with Crippen LogP contribution in [0.1, 0.15) is 37.1 Å². The minimum atomic E-state index is -0.499. The Bertz CT molecular complexity index is 1030. The summed E-state index contributed by atoms with van der Waals surface area (Å²) in [6.45, 7) is 5.17. The lowest BCUT2D eigenvalue weighted by Gasteiger charge is -2.42. The minimum Gasteiger partial charge on any atom is -0.353 e. The van der Waals surface area contributed by atoms with Gasteiger partial charge in [-0.3, -0.25) is 14.5 Å². The number of nitrogens with zero attached hydrogens (tertiary/aromatic N) is 2. The second-order valence-corrected chi connectivity index (χ2v) is 11.6. The van der Waals surface area contributed by atoms with Crippen molar-refractivity contribution in [1.29, 1.82) is 0 Å². The Morgan fingerprint density at radius 3 is 2.58 bits per heavy atom. The SMILES string of the molecule is Cc1ccc(CN(Cc2cccs2)C2CCN(C(=O)c3cccs3)[C@@H](C(=O)NCCN)C2)s1. The molecule has 6 nitrogen and oxygen atoms in total. The molecule has 0 aromatic carbocycles. The standard InChI is InChI=1S/C24H30N4O2S3/c1-17-6-7-20(33-17)16-27(15-19-4-2-12-31-19)18-8-11-28(24(30)22-5-3-13-32-22)21(14-18)23(29)26-10-9-25/h2-7,12-13,18,21H,8-11,14-16,25H2,1H3,(H,26,29)/t18?,21-/m1/s1. The van der Waals surface area contributed by atoms with Crippen LogP contribution < -0.4 is 11.1 Å². The Morgan fingerprint density at radius 2 is 1.91 bits per heavy atom. The molecule has 3 aromatic heterocycles. The summed E-state index contributed by atoms with van der Waals surface area (Å²) in [5.41, 5.74) is 5.62. The zero-order valence-corrected chi connectivity index (χ0v) is 21.2. The minimum absolute atomic E-state index is 0.0602. The fourth-order valence-corrected chi connectivity index (χ4v) is 6.64. The third-order valence-electron chi connectivity index (χ3n) is 5.92. The van der Waals surface area contributed by atoms with E-state index in [-0.39, 0.29) is 17.9 Å². The summed E-state index contributed by atoms with van der Waals surface area (Å²) >= 11 is 5.00. The smallest absolute Gasteiger partial charge is 0.264 e. The van der Waals surface area contributed by atoms with Crippen LogP contribution in [0.25, 0.3) is 0 Å².